The molecule has 8 nitrogen and oxygen atoms in total. The Morgan fingerprint density at radius 2 is 2.00 bits per heavy atom. The van der Waals surface area contributed by atoms with Crippen molar-refractivity contribution >= 4 is 34.8 Å². The second kappa shape index (κ2) is 9.47. The SMILES string of the molecule is CCC(NC(=O)c1nccc2ccccc12)C(=O)N1CCCC1C(=O)NC(C)C=O. The molecule has 3 unspecified atom stereocenters. The van der Waals surface area contributed by atoms with Gasteiger partial charge in [0, 0.05) is 18.1 Å². The van der Waals surface area contributed by atoms with Crippen LogP contribution in [-0.2, 0) is 14.4 Å². The highest BCUT2D eigenvalue weighted by atomic mass is 16.2. The van der Waals surface area contributed by atoms with Crippen LogP contribution in [0.4, 0.5) is 0 Å². The number of nitrogens with one attached hydrogen (secondary N) is 2. The van der Waals surface area contributed by atoms with Crippen molar-refractivity contribution in [3.63, 3.8) is 0 Å². The lowest BCUT2D eigenvalue weighted by Crippen LogP contribution is -2.54. The number of nitrogens with zero attached hydrogens (tertiary/aromatic N) is 2. The quantitative estimate of drug-likeness (QED) is 0.672. The first-order valence-electron chi connectivity index (χ1n) is 10.2. The first kappa shape index (κ1) is 21.4. The highest BCUT2D eigenvalue weighted by molar-refractivity contribution is 6.06. The second-order valence-electron chi connectivity index (χ2n) is 7.44. The van der Waals surface area contributed by atoms with Gasteiger partial charge in [-0.05, 0) is 37.6 Å². The van der Waals surface area contributed by atoms with Gasteiger partial charge in [0.15, 0.2) is 0 Å². The average molecular weight is 410 g/mol. The molecule has 0 bridgehead atoms. The Morgan fingerprint density at radius 3 is 2.73 bits per heavy atom. The average Bonchev–Trinajstić information content (AvgIpc) is 3.26. The molecule has 1 aromatic heterocycles. The number of likely N-dealkylation sites (tertiary alicyclic amines) is 1. The molecule has 3 rings (SSSR count). The molecular formula is C22H26N4O4. The lowest BCUT2D eigenvalue weighted by Gasteiger charge is -2.28. The molecule has 1 aliphatic heterocycles. The molecule has 0 radical (unpaired) electrons. The number of carbonyl (C=O) groups is 4. The highest BCUT2D eigenvalue weighted by Crippen LogP contribution is 2.20. The minimum atomic E-state index is -0.768. The molecule has 1 aromatic carbocycles. The lowest BCUT2D eigenvalue weighted by molar-refractivity contribution is -0.140. The summed E-state index contributed by atoms with van der Waals surface area (Å²) in [5.74, 6) is -1.08. The smallest absolute Gasteiger partial charge is 0.271 e. The zero-order valence-corrected chi connectivity index (χ0v) is 17.1. The number of carbonyl (C=O) groups excluding carboxylic acids is 4. The predicted molar refractivity (Wildman–Crippen MR) is 112 cm³/mol. The number of rotatable bonds is 7. The summed E-state index contributed by atoms with van der Waals surface area (Å²) in [5.41, 5.74) is 0.259. The third-order valence-corrected chi connectivity index (χ3v) is 5.31. The molecule has 158 valence electrons. The van der Waals surface area contributed by atoms with Crippen molar-refractivity contribution < 1.29 is 19.2 Å². The van der Waals surface area contributed by atoms with Crippen LogP contribution in [0.5, 0.6) is 0 Å². The molecule has 0 aliphatic carbocycles. The monoisotopic (exact) mass is 410 g/mol. The first-order chi connectivity index (χ1) is 14.5. The summed E-state index contributed by atoms with van der Waals surface area (Å²) >= 11 is 0. The Morgan fingerprint density at radius 1 is 1.23 bits per heavy atom. The first-order valence-corrected chi connectivity index (χ1v) is 10.2. The molecule has 2 heterocycles. The molecule has 0 saturated carbocycles. The molecule has 2 N–H and O–H groups in total. The minimum absolute atomic E-state index is 0.259. The van der Waals surface area contributed by atoms with E-state index >= 15 is 0 Å². The fourth-order valence-corrected chi connectivity index (χ4v) is 3.72. The normalized spacial score (nSPS) is 17.9. The topological polar surface area (TPSA) is 108 Å². The number of amides is 3. The van der Waals surface area contributed by atoms with E-state index in [0.717, 1.165) is 5.39 Å². The number of fused-ring (bicyclic) bond motifs is 1. The Labute approximate surface area is 175 Å². The summed E-state index contributed by atoms with van der Waals surface area (Å²) in [5, 5.41) is 6.98. The highest BCUT2D eigenvalue weighted by Gasteiger charge is 2.37. The van der Waals surface area contributed by atoms with Gasteiger partial charge in [0.05, 0.1) is 6.04 Å². The van der Waals surface area contributed by atoms with Gasteiger partial charge in [0.25, 0.3) is 5.91 Å². The zero-order chi connectivity index (χ0) is 21.7. The van der Waals surface area contributed by atoms with Crippen molar-refractivity contribution in [3.05, 3.63) is 42.2 Å². The third kappa shape index (κ3) is 4.48. The van der Waals surface area contributed by atoms with Gasteiger partial charge in [0.1, 0.15) is 24.1 Å². The maximum atomic E-state index is 13.1. The van der Waals surface area contributed by atoms with Crippen LogP contribution in [0.3, 0.4) is 0 Å². The molecule has 0 spiro atoms. The summed E-state index contributed by atoms with van der Waals surface area (Å²) in [6.45, 7) is 3.82. The summed E-state index contributed by atoms with van der Waals surface area (Å²) < 4.78 is 0. The van der Waals surface area contributed by atoms with Crippen molar-refractivity contribution in [1.29, 1.82) is 0 Å². The summed E-state index contributed by atoms with van der Waals surface area (Å²) in [7, 11) is 0. The Balaban J connectivity index is 1.75. The lowest BCUT2D eigenvalue weighted by atomic mass is 10.1. The van der Waals surface area contributed by atoms with Crippen molar-refractivity contribution in [2.75, 3.05) is 6.54 Å². The van der Waals surface area contributed by atoms with Gasteiger partial charge in [0.2, 0.25) is 11.8 Å². The predicted octanol–water partition coefficient (Wildman–Crippen LogP) is 1.44. The van der Waals surface area contributed by atoms with Gasteiger partial charge in [-0.3, -0.25) is 19.4 Å². The van der Waals surface area contributed by atoms with E-state index in [9.17, 15) is 19.2 Å². The van der Waals surface area contributed by atoms with Gasteiger partial charge in [-0.15, -0.1) is 0 Å². The molecule has 3 amide bonds. The van der Waals surface area contributed by atoms with Crippen LogP contribution in [0.1, 0.15) is 43.6 Å². The molecule has 1 aliphatic rings. The summed E-state index contributed by atoms with van der Waals surface area (Å²) in [6.07, 6.45) is 3.80. The number of aldehydes is 1. The zero-order valence-electron chi connectivity index (χ0n) is 17.1. The van der Waals surface area contributed by atoms with E-state index in [1.807, 2.05) is 30.3 Å². The standard InChI is InChI=1S/C22H26N4O4/c1-3-17(22(30)26-12-6-9-18(26)20(28)24-14(2)13-27)25-21(29)19-16-8-5-4-7-15(16)10-11-23-19/h4-5,7-8,10-11,13-14,17-18H,3,6,9,12H2,1-2H3,(H,24,28)(H,25,29). The van der Waals surface area contributed by atoms with Crippen LogP contribution in [0.2, 0.25) is 0 Å². The minimum Gasteiger partial charge on any atom is -0.345 e. The molecule has 1 saturated heterocycles. The van der Waals surface area contributed by atoms with Crippen LogP contribution in [0, 0.1) is 0 Å². The molecule has 3 atom stereocenters. The van der Waals surface area contributed by atoms with E-state index in [1.54, 1.807) is 20.0 Å². The molecule has 30 heavy (non-hydrogen) atoms. The maximum Gasteiger partial charge on any atom is 0.271 e. The second-order valence-corrected chi connectivity index (χ2v) is 7.44. The van der Waals surface area contributed by atoms with Gasteiger partial charge in [-0.25, -0.2) is 0 Å². The van der Waals surface area contributed by atoms with Gasteiger partial charge >= 0.3 is 0 Å². The van der Waals surface area contributed by atoms with Crippen molar-refractivity contribution in [2.24, 2.45) is 0 Å². The largest absolute Gasteiger partial charge is 0.345 e. The Kier molecular flexibility index (Phi) is 6.76. The fraction of sp³-hybridized carbons (Fsp3) is 0.409. The van der Waals surface area contributed by atoms with Crippen molar-refractivity contribution in [3.8, 4) is 0 Å². The van der Waals surface area contributed by atoms with Gasteiger partial charge in [-0.2, -0.15) is 0 Å². The van der Waals surface area contributed by atoms with Gasteiger partial charge in [-0.1, -0.05) is 31.2 Å². The Hall–Kier alpha value is -3.29. The summed E-state index contributed by atoms with van der Waals surface area (Å²) in [4.78, 5) is 55.0. The number of hydrogen-bond acceptors (Lipinski definition) is 5. The van der Waals surface area contributed by atoms with Gasteiger partial charge < -0.3 is 20.3 Å². The Bertz CT molecular complexity index is 956. The van der Waals surface area contributed by atoms with Crippen LogP contribution < -0.4 is 10.6 Å². The molecule has 2 aromatic rings. The van der Waals surface area contributed by atoms with Crippen LogP contribution in [0.25, 0.3) is 10.8 Å². The van der Waals surface area contributed by atoms with E-state index in [2.05, 4.69) is 15.6 Å². The van der Waals surface area contributed by atoms with E-state index in [-0.39, 0.29) is 17.5 Å². The van der Waals surface area contributed by atoms with Crippen molar-refractivity contribution in [1.82, 2.24) is 20.5 Å². The van der Waals surface area contributed by atoms with Crippen LogP contribution in [0.15, 0.2) is 36.5 Å². The number of benzene rings is 1. The van der Waals surface area contributed by atoms with Crippen molar-refractivity contribution in [2.45, 2.75) is 51.2 Å². The van der Waals surface area contributed by atoms with E-state index in [0.29, 0.717) is 37.5 Å². The number of pyridine rings is 1. The number of hydrogen-bond donors (Lipinski definition) is 2. The maximum absolute atomic E-state index is 13.1. The number of aromatic nitrogens is 1. The van der Waals surface area contributed by atoms with Crippen LogP contribution in [-0.4, -0.2) is 58.6 Å². The van der Waals surface area contributed by atoms with E-state index in [1.165, 1.54) is 4.90 Å². The fourth-order valence-electron chi connectivity index (χ4n) is 3.72. The molecular weight excluding hydrogens is 384 g/mol. The van der Waals surface area contributed by atoms with E-state index in [4.69, 9.17) is 0 Å². The summed E-state index contributed by atoms with van der Waals surface area (Å²) in [6, 6.07) is 7.22. The molecule has 8 heteroatoms. The third-order valence-electron chi connectivity index (χ3n) is 5.31. The van der Waals surface area contributed by atoms with Crippen LogP contribution >= 0.6 is 0 Å². The van der Waals surface area contributed by atoms with E-state index < -0.39 is 24.0 Å². The molecule has 1 fully saturated rings.